The Balaban J connectivity index is 1.69. The number of hydrogen-bond donors (Lipinski definition) is 1. The van der Waals surface area contributed by atoms with Gasteiger partial charge in [0, 0.05) is 6.04 Å². The van der Waals surface area contributed by atoms with E-state index in [1.54, 1.807) is 6.08 Å². The summed E-state index contributed by atoms with van der Waals surface area (Å²) >= 11 is 0. The van der Waals surface area contributed by atoms with E-state index in [0.29, 0.717) is 12.0 Å². The number of carbonyl (C=O) groups is 1. The second kappa shape index (κ2) is 6.83. The van der Waals surface area contributed by atoms with E-state index in [1.807, 2.05) is 0 Å². The molecule has 0 aromatic rings. The third-order valence-corrected chi connectivity index (χ3v) is 4.12. The number of nitrogens with one attached hydrogen (secondary N) is 1. The zero-order valence-corrected chi connectivity index (χ0v) is 10.8. The molecule has 1 N–H and O–H groups in total. The minimum atomic E-state index is 0.127. The first-order valence-corrected chi connectivity index (χ1v) is 7.33. The van der Waals surface area contributed by atoms with Gasteiger partial charge >= 0.3 is 0 Å². The zero-order valence-electron chi connectivity index (χ0n) is 10.8. The molecule has 0 aromatic heterocycles. The number of carbonyl (C=O) groups excluding carboxylic acids is 1. The van der Waals surface area contributed by atoms with Crippen molar-refractivity contribution in [3.8, 4) is 0 Å². The van der Waals surface area contributed by atoms with Crippen LogP contribution >= 0.6 is 0 Å². The summed E-state index contributed by atoms with van der Waals surface area (Å²) < 4.78 is 0. The van der Waals surface area contributed by atoms with Crippen LogP contribution in [0.1, 0.15) is 64.2 Å². The van der Waals surface area contributed by atoms with Gasteiger partial charge in [-0.05, 0) is 37.7 Å². The van der Waals surface area contributed by atoms with Gasteiger partial charge in [0.1, 0.15) is 0 Å². The Morgan fingerprint density at radius 3 is 2.12 bits per heavy atom. The SMILES string of the molecule is O=C(/C=C/C1CCCCC1)NC1CCCCC1. The molecule has 2 rings (SSSR count). The first-order chi connectivity index (χ1) is 8.34. The lowest BCUT2D eigenvalue weighted by Gasteiger charge is -2.22. The van der Waals surface area contributed by atoms with Crippen molar-refractivity contribution < 1.29 is 4.79 Å². The van der Waals surface area contributed by atoms with Crippen LogP contribution in [0.4, 0.5) is 0 Å². The lowest BCUT2D eigenvalue weighted by atomic mass is 9.89. The quantitative estimate of drug-likeness (QED) is 0.744. The summed E-state index contributed by atoms with van der Waals surface area (Å²) in [5.74, 6) is 0.781. The Hall–Kier alpha value is -0.790. The fourth-order valence-corrected chi connectivity index (χ4v) is 3.05. The average molecular weight is 235 g/mol. The van der Waals surface area contributed by atoms with Crippen LogP contribution in [0.5, 0.6) is 0 Å². The second-order valence-corrected chi connectivity index (χ2v) is 5.60. The summed E-state index contributed by atoms with van der Waals surface area (Å²) in [6.07, 6.45) is 16.7. The van der Waals surface area contributed by atoms with Crippen molar-refractivity contribution >= 4 is 5.91 Å². The van der Waals surface area contributed by atoms with E-state index in [2.05, 4.69) is 11.4 Å². The molecule has 0 radical (unpaired) electrons. The van der Waals surface area contributed by atoms with Crippen LogP contribution in [0.3, 0.4) is 0 Å². The van der Waals surface area contributed by atoms with E-state index in [1.165, 1.54) is 64.2 Å². The molecule has 0 spiro atoms. The van der Waals surface area contributed by atoms with Crippen LogP contribution in [-0.4, -0.2) is 11.9 Å². The van der Waals surface area contributed by atoms with Crippen LogP contribution in [0, 0.1) is 5.92 Å². The highest BCUT2D eigenvalue weighted by Gasteiger charge is 2.15. The average Bonchev–Trinajstić information content (AvgIpc) is 2.39. The van der Waals surface area contributed by atoms with Crippen LogP contribution in [-0.2, 0) is 4.79 Å². The fourth-order valence-electron chi connectivity index (χ4n) is 3.05. The van der Waals surface area contributed by atoms with Gasteiger partial charge in [-0.15, -0.1) is 0 Å². The summed E-state index contributed by atoms with van der Waals surface area (Å²) in [4.78, 5) is 11.8. The number of allylic oxidation sites excluding steroid dienone is 1. The fraction of sp³-hybridized carbons (Fsp3) is 0.800. The topological polar surface area (TPSA) is 29.1 Å². The van der Waals surface area contributed by atoms with Crippen LogP contribution in [0.2, 0.25) is 0 Å². The highest BCUT2D eigenvalue weighted by atomic mass is 16.1. The number of hydrogen-bond acceptors (Lipinski definition) is 1. The molecule has 2 saturated carbocycles. The Kier molecular flexibility index (Phi) is 5.08. The molecule has 0 bridgehead atoms. The van der Waals surface area contributed by atoms with Crippen LogP contribution in [0.15, 0.2) is 12.2 Å². The van der Waals surface area contributed by atoms with E-state index in [9.17, 15) is 4.79 Å². The van der Waals surface area contributed by atoms with Gasteiger partial charge in [0.2, 0.25) is 5.91 Å². The predicted molar refractivity (Wildman–Crippen MR) is 70.7 cm³/mol. The van der Waals surface area contributed by atoms with Crippen molar-refractivity contribution in [2.75, 3.05) is 0 Å². The van der Waals surface area contributed by atoms with E-state index < -0.39 is 0 Å². The Bertz CT molecular complexity index is 260. The third kappa shape index (κ3) is 4.53. The molecule has 2 heteroatoms. The van der Waals surface area contributed by atoms with E-state index in [-0.39, 0.29) is 5.91 Å². The molecule has 2 nitrogen and oxygen atoms in total. The molecule has 1 amide bonds. The van der Waals surface area contributed by atoms with Gasteiger partial charge in [-0.1, -0.05) is 44.6 Å². The molecule has 0 saturated heterocycles. The summed E-state index contributed by atoms with van der Waals surface area (Å²) in [5.41, 5.74) is 0. The normalized spacial score (nSPS) is 24.0. The molecule has 0 atom stereocenters. The van der Waals surface area contributed by atoms with Gasteiger partial charge in [0.15, 0.2) is 0 Å². The van der Waals surface area contributed by atoms with Crippen molar-refractivity contribution in [3.05, 3.63) is 12.2 Å². The van der Waals surface area contributed by atoms with Gasteiger partial charge in [0.25, 0.3) is 0 Å². The maximum absolute atomic E-state index is 11.8. The number of amides is 1. The van der Waals surface area contributed by atoms with Gasteiger partial charge in [-0.25, -0.2) is 0 Å². The predicted octanol–water partition coefficient (Wildman–Crippen LogP) is 3.57. The molecule has 0 aromatic carbocycles. The minimum Gasteiger partial charge on any atom is -0.350 e. The van der Waals surface area contributed by atoms with Crippen molar-refractivity contribution in [1.82, 2.24) is 5.32 Å². The second-order valence-electron chi connectivity index (χ2n) is 5.60. The van der Waals surface area contributed by atoms with Crippen molar-refractivity contribution in [3.63, 3.8) is 0 Å². The number of rotatable bonds is 3. The molecule has 17 heavy (non-hydrogen) atoms. The molecule has 2 aliphatic carbocycles. The maximum atomic E-state index is 11.8. The van der Waals surface area contributed by atoms with Crippen LogP contribution < -0.4 is 5.32 Å². The summed E-state index contributed by atoms with van der Waals surface area (Å²) in [5, 5.41) is 3.13. The molecular formula is C15H25NO. The molecule has 2 fully saturated rings. The van der Waals surface area contributed by atoms with Gasteiger partial charge in [-0.3, -0.25) is 4.79 Å². The zero-order chi connectivity index (χ0) is 11.9. The molecule has 2 aliphatic rings. The van der Waals surface area contributed by atoms with Crippen molar-refractivity contribution in [1.29, 1.82) is 0 Å². The van der Waals surface area contributed by atoms with Crippen LogP contribution in [0.25, 0.3) is 0 Å². The summed E-state index contributed by atoms with van der Waals surface area (Å²) in [6.45, 7) is 0. The van der Waals surface area contributed by atoms with Gasteiger partial charge < -0.3 is 5.32 Å². The summed E-state index contributed by atoms with van der Waals surface area (Å²) in [7, 11) is 0. The molecule has 96 valence electrons. The largest absolute Gasteiger partial charge is 0.350 e. The van der Waals surface area contributed by atoms with E-state index >= 15 is 0 Å². The van der Waals surface area contributed by atoms with Gasteiger partial charge in [-0.2, -0.15) is 0 Å². The standard InChI is InChI=1S/C15H25NO/c17-15(16-14-9-5-2-6-10-14)12-11-13-7-3-1-4-8-13/h11-14H,1-10H2,(H,16,17)/b12-11+. The van der Waals surface area contributed by atoms with Crippen molar-refractivity contribution in [2.45, 2.75) is 70.3 Å². The van der Waals surface area contributed by atoms with Gasteiger partial charge in [0.05, 0.1) is 0 Å². The summed E-state index contributed by atoms with van der Waals surface area (Å²) in [6, 6.07) is 0.437. The monoisotopic (exact) mass is 235 g/mol. The maximum Gasteiger partial charge on any atom is 0.243 e. The molecular weight excluding hydrogens is 210 g/mol. The Morgan fingerprint density at radius 1 is 0.882 bits per heavy atom. The molecule has 0 unspecified atom stereocenters. The third-order valence-electron chi connectivity index (χ3n) is 4.12. The lowest BCUT2D eigenvalue weighted by molar-refractivity contribution is -0.117. The Labute approximate surface area is 105 Å². The first-order valence-electron chi connectivity index (χ1n) is 7.33. The van der Waals surface area contributed by atoms with Crippen molar-refractivity contribution in [2.24, 2.45) is 5.92 Å². The highest BCUT2D eigenvalue weighted by Crippen LogP contribution is 2.24. The highest BCUT2D eigenvalue weighted by molar-refractivity contribution is 5.87. The smallest absolute Gasteiger partial charge is 0.243 e. The minimum absolute atomic E-state index is 0.127. The lowest BCUT2D eigenvalue weighted by Crippen LogP contribution is -2.35. The molecule has 0 aliphatic heterocycles. The van der Waals surface area contributed by atoms with E-state index in [4.69, 9.17) is 0 Å². The first kappa shape index (κ1) is 12.7. The Morgan fingerprint density at radius 2 is 1.47 bits per heavy atom. The van der Waals surface area contributed by atoms with E-state index in [0.717, 1.165) is 0 Å². The molecule has 0 heterocycles.